The van der Waals surface area contributed by atoms with Crippen LogP contribution in [0.5, 0.6) is 0 Å². The van der Waals surface area contributed by atoms with Gasteiger partial charge in [0.2, 0.25) is 5.12 Å². The highest BCUT2D eigenvalue weighted by Crippen LogP contribution is 2.26. The molecule has 1 rings (SSSR count). The van der Waals surface area contributed by atoms with Crippen LogP contribution in [0, 0.1) is 5.92 Å². The maximum atomic E-state index is 11.6. The molecule has 102 valence electrons. The Morgan fingerprint density at radius 2 is 1.67 bits per heavy atom. The van der Waals surface area contributed by atoms with Crippen LogP contribution in [0.1, 0.15) is 45.0 Å². The van der Waals surface area contributed by atoms with Gasteiger partial charge < -0.3 is 0 Å². The van der Waals surface area contributed by atoms with Crippen molar-refractivity contribution >= 4 is 29.5 Å². The monoisotopic (exact) mass is 284 g/mol. The van der Waals surface area contributed by atoms with Gasteiger partial charge in [0.05, 0.1) is 0 Å². The average Bonchev–Trinajstić information content (AvgIpc) is 2.29. The molecule has 0 atom stereocenters. The van der Waals surface area contributed by atoms with Crippen LogP contribution >= 0.6 is 24.4 Å². The van der Waals surface area contributed by atoms with Crippen molar-refractivity contribution in [3.05, 3.63) is 35.9 Å². The highest BCUT2D eigenvalue weighted by Gasteiger charge is 2.17. The van der Waals surface area contributed by atoms with Crippen molar-refractivity contribution in [3.8, 4) is 0 Å². The van der Waals surface area contributed by atoms with Crippen LogP contribution in [0.3, 0.4) is 0 Å². The SMILES string of the molecule is CC(C)(C)SC(=O)c1ccccc1.CC(C)CS. The summed E-state index contributed by atoms with van der Waals surface area (Å²) in [4.78, 5) is 11.6. The van der Waals surface area contributed by atoms with Crippen molar-refractivity contribution in [3.63, 3.8) is 0 Å². The van der Waals surface area contributed by atoms with Crippen LogP contribution in [0.4, 0.5) is 0 Å². The molecule has 0 radical (unpaired) electrons. The van der Waals surface area contributed by atoms with Gasteiger partial charge in [-0.2, -0.15) is 12.6 Å². The number of rotatable bonds is 2. The van der Waals surface area contributed by atoms with Gasteiger partial charge in [-0.25, -0.2) is 0 Å². The third kappa shape index (κ3) is 9.60. The van der Waals surface area contributed by atoms with Crippen LogP contribution in [-0.2, 0) is 0 Å². The number of hydrogen-bond donors (Lipinski definition) is 1. The normalized spacial score (nSPS) is 10.8. The molecule has 1 aromatic rings. The summed E-state index contributed by atoms with van der Waals surface area (Å²) >= 11 is 5.39. The van der Waals surface area contributed by atoms with Crippen LogP contribution in [-0.4, -0.2) is 15.6 Å². The van der Waals surface area contributed by atoms with Crippen LogP contribution in [0.25, 0.3) is 0 Å². The third-order valence-corrected chi connectivity index (χ3v) is 3.54. The molecule has 18 heavy (non-hydrogen) atoms. The van der Waals surface area contributed by atoms with Crippen molar-refractivity contribution in [2.45, 2.75) is 39.4 Å². The second kappa shape index (κ2) is 8.65. The van der Waals surface area contributed by atoms with E-state index >= 15 is 0 Å². The minimum atomic E-state index is -0.00702. The molecule has 0 saturated carbocycles. The first-order valence-electron chi connectivity index (χ1n) is 6.15. The highest BCUT2D eigenvalue weighted by molar-refractivity contribution is 8.15. The molecule has 3 heteroatoms. The van der Waals surface area contributed by atoms with E-state index < -0.39 is 0 Å². The third-order valence-electron chi connectivity index (χ3n) is 1.77. The Morgan fingerprint density at radius 1 is 1.22 bits per heavy atom. The van der Waals surface area contributed by atoms with E-state index in [9.17, 15) is 4.79 Å². The van der Waals surface area contributed by atoms with E-state index in [4.69, 9.17) is 0 Å². The van der Waals surface area contributed by atoms with E-state index in [0.29, 0.717) is 0 Å². The first-order chi connectivity index (χ1) is 8.26. The van der Waals surface area contributed by atoms with Gasteiger partial charge in [-0.15, -0.1) is 0 Å². The van der Waals surface area contributed by atoms with E-state index in [0.717, 1.165) is 17.2 Å². The maximum absolute atomic E-state index is 11.6. The fourth-order valence-electron chi connectivity index (χ4n) is 0.911. The molecule has 0 saturated heterocycles. The molecule has 0 fully saturated rings. The number of hydrogen-bond acceptors (Lipinski definition) is 3. The summed E-state index contributed by atoms with van der Waals surface area (Å²) in [6.45, 7) is 10.4. The van der Waals surface area contributed by atoms with Gasteiger partial charge in [0.1, 0.15) is 0 Å². The molecule has 0 aliphatic heterocycles. The maximum Gasteiger partial charge on any atom is 0.219 e. The van der Waals surface area contributed by atoms with Gasteiger partial charge in [-0.3, -0.25) is 4.79 Å². The van der Waals surface area contributed by atoms with E-state index in [1.807, 2.05) is 51.1 Å². The van der Waals surface area contributed by atoms with E-state index in [1.54, 1.807) is 0 Å². The lowest BCUT2D eigenvalue weighted by molar-refractivity contribution is 0.108. The van der Waals surface area contributed by atoms with Crippen LogP contribution in [0.2, 0.25) is 0 Å². The van der Waals surface area contributed by atoms with Crippen molar-refractivity contribution in [1.82, 2.24) is 0 Å². The number of thioether (sulfide) groups is 1. The lowest BCUT2D eigenvalue weighted by Gasteiger charge is -2.15. The Kier molecular flexibility index (Phi) is 8.45. The predicted molar refractivity (Wildman–Crippen MR) is 86.8 cm³/mol. The number of benzene rings is 1. The van der Waals surface area contributed by atoms with Crippen molar-refractivity contribution in [2.75, 3.05) is 5.75 Å². The number of thiol groups is 1. The zero-order valence-corrected chi connectivity index (χ0v) is 13.6. The summed E-state index contributed by atoms with van der Waals surface area (Å²) in [5, 5.41) is 0.146. The fraction of sp³-hybridized carbons (Fsp3) is 0.533. The second-order valence-corrected chi connectivity index (χ2v) is 7.61. The van der Waals surface area contributed by atoms with Gasteiger partial charge in [-0.05, 0) is 11.7 Å². The van der Waals surface area contributed by atoms with Crippen LogP contribution < -0.4 is 0 Å². The molecule has 0 aromatic heterocycles. The molecule has 0 spiro atoms. The first-order valence-corrected chi connectivity index (χ1v) is 7.60. The van der Waals surface area contributed by atoms with E-state index in [-0.39, 0.29) is 9.86 Å². The van der Waals surface area contributed by atoms with Crippen molar-refractivity contribution in [2.24, 2.45) is 5.92 Å². The molecular formula is C15H24OS2. The molecule has 0 amide bonds. The topological polar surface area (TPSA) is 17.1 Å². The van der Waals surface area contributed by atoms with Crippen molar-refractivity contribution < 1.29 is 4.79 Å². The smallest absolute Gasteiger partial charge is 0.219 e. The Morgan fingerprint density at radius 3 is 2.00 bits per heavy atom. The van der Waals surface area contributed by atoms with E-state index in [2.05, 4.69) is 26.5 Å². The average molecular weight is 284 g/mol. The Balaban J connectivity index is 0.000000494. The summed E-state index contributed by atoms with van der Waals surface area (Å²) in [6, 6.07) is 9.38. The summed E-state index contributed by atoms with van der Waals surface area (Å²) in [6.07, 6.45) is 0. The second-order valence-electron chi connectivity index (χ2n) is 5.44. The van der Waals surface area contributed by atoms with Gasteiger partial charge in [0, 0.05) is 10.3 Å². The predicted octanol–water partition coefficient (Wildman–Crippen LogP) is 4.93. The molecule has 1 aromatic carbocycles. The van der Waals surface area contributed by atoms with E-state index in [1.165, 1.54) is 11.8 Å². The summed E-state index contributed by atoms with van der Waals surface area (Å²) in [5.41, 5.74) is 0.780. The largest absolute Gasteiger partial charge is 0.282 e. The lowest BCUT2D eigenvalue weighted by Crippen LogP contribution is -2.11. The zero-order chi connectivity index (χ0) is 14.2. The Hall–Kier alpha value is -0.410. The van der Waals surface area contributed by atoms with Gasteiger partial charge in [-0.1, -0.05) is 76.7 Å². The molecule has 0 heterocycles. The summed E-state index contributed by atoms with van der Waals surface area (Å²) in [5.74, 6) is 1.75. The molecule has 1 nitrogen and oxygen atoms in total. The van der Waals surface area contributed by atoms with Crippen molar-refractivity contribution in [1.29, 1.82) is 0 Å². The fourth-order valence-corrected chi connectivity index (χ4v) is 1.72. The quantitative estimate of drug-likeness (QED) is 0.775. The molecular weight excluding hydrogens is 260 g/mol. The molecule has 0 unspecified atom stereocenters. The molecule has 0 aliphatic carbocycles. The summed E-state index contributed by atoms with van der Waals surface area (Å²) in [7, 11) is 0. The molecule has 0 N–H and O–H groups in total. The lowest BCUT2D eigenvalue weighted by atomic mass is 10.2. The Bertz CT molecular complexity index is 339. The highest BCUT2D eigenvalue weighted by atomic mass is 32.2. The standard InChI is InChI=1S/C11H14OS.C4H10S/c1-11(2,3)13-10(12)9-7-5-4-6-8-9;1-4(2)3-5/h4-8H,1-3H3;4-5H,3H2,1-2H3. The molecule has 0 bridgehead atoms. The molecule has 0 aliphatic rings. The minimum Gasteiger partial charge on any atom is -0.282 e. The zero-order valence-electron chi connectivity index (χ0n) is 11.9. The van der Waals surface area contributed by atoms with Crippen LogP contribution in [0.15, 0.2) is 30.3 Å². The minimum absolute atomic E-state index is 0.00702. The summed E-state index contributed by atoms with van der Waals surface area (Å²) < 4.78 is -0.00702. The van der Waals surface area contributed by atoms with Gasteiger partial charge in [0.25, 0.3) is 0 Å². The Labute approximate surface area is 121 Å². The van der Waals surface area contributed by atoms with Gasteiger partial charge in [0.15, 0.2) is 0 Å². The van der Waals surface area contributed by atoms with Gasteiger partial charge >= 0.3 is 0 Å². The number of carbonyl (C=O) groups is 1. The first kappa shape index (κ1) is 17.6. The number of carbonyl (C=O) groups excluding carboxylic acids is 1.